The molecule has 3 heteroatoms. The van der Waals surface area contributed by atoms with Gasteiger partial charge in [-0.25, -0.2) is 0 Å². The van der Waals surface area contributed by atoms with E-state index in [2.05, 4.69) is 11.2 Å². The summed E-state index contributed by atoms with van der Waals surface area (Å²) < 4.78 is 0. The summed E-state index contributed by atoms with van der Waals surface area (Å²) in [6.45, 7) is 0. The van der Waals surface area contributed by atoms with E-state index >= 15 is 0 Å². The van der Waals surface area contributed by atoms with Crippen LogP contribution < -0.4 is 5.32 Å². The zero-order valence-electron chi connectivity index (χ0n) is 9.91. The normalized spacial score (nSPS) is 32.1. The predicted molar refractivity (Wildman–Crippen MR) is 63.8 cm³/mol. The van der Waals surface area contributed by atoms with Gasteiger partial charge in [-0.15, -0.1) is 12.3 Å². The number of fused-ring (bicyclic) bond motifs is 2. The summed E-state index contributed by atoms with van der Waals surface area (Å²) in [6.07, 6.45) is 11.0. The fourth-order valence-corrected chi connectivity index (χ4v) is 2.90. The first-order valence-electron chi connectivity index (χ1n) is 6.16. The standard InChI is InChI=1S/C13H20N2O/c1-3-4-5-13(16)15(2)12-8-10-6-7-11(9-12)14-10/h1,10-12,14H,4-9H2,2H3. The van der Waals surface area contributed by atoms with Crippen molar-refractivity contribution in [1.82, 2.24) is 10.2 Å². The van der Waals surface area contributed by atoms with Gasteiger partial charge in [0.1, 0.15) is 0 Å². The van der Waals surface area contributed by atoms with E-state index < -0.39 is 0 Å². The SMILES string of the molecule is C#CCCC(=O)N(C)C1CC2CCC(C1)N2. The zero-order valence-corrected chi connectivity index (χ0v) is 9.91. The molecule has 2 atom stereocenters. The van der Waals surface area contributed by atoms with Gasteiger partial charge in [0.25, 0.3) is 0 Å². The van der Waals surface area contributed by atoms with Gasteiger partial charge in [0.15, 0.2) is 0 Å². The molecule has 1 N–H and O–H groups in total. The number of nitrogens with one attached hydrogen (secondary N) is 1. The number of hydrogen-bond donors (Lipinski definition) is 1. The lowest BCUT2D eigenvalue weighted by atomic mass is 9.98. The second kappa shape index (κ2) is 4.88. The number of terminal acetylenes is 1. The molecule has 0 spiro atoms. The Morgan fingerprint density at radius 2 is 2.06 bits per heavy atom. The van der Waals surface area contributed by atoms with Crippen molar-refractivity contribution in [3.63, 3.8) is 0 Å². The molecule has 2 aliphatic heterocycles. The highest BCUT2D eigenvalue weighted by molar-refractivity contribution is 5.76. The van der Waals surface area contributed by atoms with Crippen LogP contribution in [0.1, 0.15) is 38.5 Å². The predicted octanol–water partition coefficient (Wildman–Crippen LogP) is 1.14. The van der Waals surface area contributed by atoms with Crippen LogP contribution in [0.15, 0.2) is 0 Å². The van der Waals surface area contributed by atoms with Crippen molar-refractivity contribution in [2.24, 2.45) is 0 Å². The van der Waals surface area contributed by atoms with Gasteiger partial charge in [0, 0.05) is 38.0 Å². The van der Waals surface area contributed by atoms with Crippen LogP contribution in [0.2, 0.25) is 0 Å². The Morgan fingerprint density at radius 3 is 2.62 bits per heavy atom. The summed E-state index contributed by atoms with van der Waals surface area (Å²) in [5, 5.41) is 3.59. The van der Waals surface area contributed by atoms with Crippen molar-refractivity contribution in [2.45, 2.75) is 56.7 Å². The van der Waals surface area contributed by atoms with Crippen molar-refractivity contribution >= 4 is 5.91 Å². The quantitative estimate of drug-likeness (QED) is 0.723. The number of amides is 1. The van der Waals surface area contributed by atoms with E-state index in [-0.39, 0.29) is 5.91 Å². The Hall–Kier alpha value is -1.01. The molecule has 2 heterocycles. The van der Waals surface area contributed by atoms with E-state index in [9.17, 15) is 4.79 Å². The van der Waals surface area contributed by atoms with E-state index in [0.29, 0.717) is 31.0 Å². The number of piperidine rings is 1. The summed E-state index contributed by atoms with van der Waals surface area (Å²) in [7, 11) is 1.92. The third-order valence-electron chi connectivity index (χ3n) is 3.87. The molecule has 2 fully saturated rings. The van der Waals surface area contributed by atoms with Crippen LogP contribution >= 0.6 is 0 Å². The first kappa shape index (κ1) is 11.5. The summed E-state index contributed by atoms with van der Waals surface area (Å²) >= 11 is 0. The largest absolute Gasteiger partial charge is 0.343 e. The molecule has 0 saturated carbocycles. The Kier molecular flexibility index (Phi) is 3.50. The maximum absolute atomic E-state index is 11.8. The molecule has 2 bridgehead atoms. The number of nitrogens with zero attached hydrogens (tertiary/aromatic N) is 1. The van der Waals surface area contributed by atoms with Gasteiger partial charge in [-0.1, -0.05) is 0 Å². The minimum atomic E-state index is 0.198. The summed E-state index contributed by atoms with van der Waals surface area (Å²) in [5.41, 5.74) is 0. The Labute approximate surface area is 97.6 Å². The van der Waals surface area contributed by atoms with Crippen molar-refractivity contribution in [2.75, 3.05) is 7.05 Å². The molecule has 2 rings (SSSR count). The van der Waals surface area contributed by atoms with Crippen LogP contribution in [0.5, 0.6) is 0 Å². The summed E-state index contributed by atoms with van der Waals surface area (Å²) in [6, 6.07) is 1.68. The third kappa shape index (κ3) is 2.38. The maximum atomic E-state index is 11.8. The highest BCUT2D eigenvalue weighted by atomic mass is 16.2. The van der Waals surface area contributed by atoms with Gasteiger partial charge in [-0.2, -0.15) is 0 Å². The Morgan fingerprint density at radius 1 is 1.44 bits per heavy atom. The first-order valence-corrected chi connectivity index (χ1v) is 6.16. The van der Waals surface area contributed by atoms with Crippen molar-refractivity contribution in [1.29, 1.82) is 0 Å². The van der Waals surface area contributed by atoms with Gasteiger partial charge in [-0.05, 0) is 25.7 Å². The lowest BCUT2D eigenvalue weighted by Gasteiger charge is -2.35. The molecule has 88 valence electrons. The Balaban J connectivity index is 1.87. The van der Waals surface area contributed by atoms with Gasteiger partial charge >= 0.3 is 0 Å². The minimum Gasteiger partial charge on any atom is -0.343 e. The van der Waals surface area contributed by atoms with E-state index in [4.69, 9.17) is 6.42 Å². The highest BCUT2D eigenvalue weighted by Gasteiger charge is 2.36. The van der Waals surface area contributed by atoms with Crippen LogP contribution in [0, 0.1) is 12.3 Å². The number of carbonyl (C=O) groups excluding carboxylic acids is 1. The minimum absolute atomic E-state index is 0.198. The fourth-order valence-electron chi connectivity index (χ4n) is 2.90. The molecule has 3 nitrogen and oxygen atoms in total. The average Bonchev–Trinajstić information content (AvgIpc) is 2.64. The monoisotopic (exact) mass is 220 g/mol. The third-order valence-corrected chi connectivity index (χ3v) is 3.87. The lowest BCUT2D eigenvalue weighted by molar-refractivity contribution is -0.132. The zero-order chi connectivity index (χ0) is 11.5. The van der Waals surface area contributed by atoms with Crippen molar-refractivity contribution in [3.05, 3.63) is 0 Å². The molecule has 0 aromatic rings. The molecule has 1 amide bonds. The van der Waals surface area contributed by atoms with Crippen LogP contribution in [0.25, 0.3) is 0 Å². The second-order valence-corrected chi connectivity index (χ2v) is 4.97. The molecule has 0 aliphatic carbocycles. The van der Waals surface area contributed by atoms with Gasteiger partial charge in [0.2, 0.25) is 5.91 Å². The summed E-state index contributed by atoms with van der Waals surface area (Å²) in [4.78, 5) is 13.8. The first-order chi connectivity index (χ1) is 7.70. The van der Waals surface area contributed by atoms with Crippen LogP contribution in [0.4, 0.5) is 0 Å². The summed E-state index contributed by atoms with van der Waals surface area (Å²) in [5.74, 6) is 2.72. The van der Waals surface area contributed by atoms with Crippen molar-refractivity contribution < 1.29 is 4.79 Å². The Bertz CT molecular complexity index is 296. The smallest absolute Gasteiger partial charge is 0.223 e. The van der Waals surface area contributed by atoms with Crippen LogP contribution in [-0.2, 0) is 4.79 Å². The van der Waals surface area contributed by atoms with E-state index in [1.807, 2.05) is 11.9 Å². The average molecular weight is 220 g/mol. The number of hydrogen-bond acceptors (Lipinski definition) is 2. The van der Waals surface area contributed by atoms with Gasteiger partial charge in [-0.3, -0.25) is 4.79 Å². The molecule has 2 saturated heterocycles. The van der Waals surface area contributed by atoms with E-state index in [1.165, 1.54) is 12.8 Å². The molecule has 0 aromatic carbocycles. The molecule has 16 heavy (non-hydrogen) atoms. The molecule has 2 unspecified atom stereocenters. The fraction of sp³-hybridized carbons (Fsp3) is 0.769. The lowest BCUT2D eigenvalue weighted by Crippen LogP contribution is -2.48. The van der Waals surface area contributed by atoms with Crippen LogP contribution in [0.3, 0.4) is 0 Å². The molecular weight excluding hydrogens is 200 g/mol. The topological polar surface area (TPSA) is 32.3 Å². The molecule has 0 aromatic heterocycles. The van der Waals surface area contributed by atoms with E-state index in [0.717, 1.165) is 12.8 Å². The molecular formula is C13H20N2O. The van der Waals surface area contributed by atoms with E-state index in [1.54, 1.807) is 0 Å². The number of carbonyl (C=O) groups is 1. The molecule has 0 radical (unpaired) electrons. The van der Waals surface area contributed by atoms with Gasteiger partial charge < -0.3 is 10.2 Å². The highest BCUT2D eigenvalue weighted by Crippen LogP contribution is 2.29. The second-order valence-electron chi connectivity index (χ2n) is 4.97. The van der Waals surface area contributed by atoms with Crippen molar-refractivity contribution in [3.8, 4) is 12.3 Å². The molecule has 2 aliphatic rings. The number of rotatable bonds is 3. The van der Waals surface area contributed by atoms with Crippen LogP contribution in [-0.4, -0.2) is 36.0 Å². The maximum Gasteiger partial charge on any atom is 0.223 e. The van der Waals surface area contributed by atoms with Gasteiger partial charge in [0.05, 0.1) is 0 Å².